The van der Waals surface area contributed by atoms with E-state index >= 15 is 0 Å². The number of oxazole rings is 1. The fraction of sp³-hybridized carbons (Fsp3) is 0.214. The van der Waals surface area contributed by atoms with Crippen molar-refractivity contribution >= 4 is 0 Å². The third kappa shape index (κ3) is 3.14. The highest BCUT2D eigenvalue weighted by Crippen LogP contribution is 2.19. The van der Waals surface area contributed by atoms with Crippen LogP contribution >= 0.6 is 0 Å². The largest absolute Gasteiger partial charge is 0.444 e. The molecule has 2 aromatic heterocycles. The van der Waals surface area contributed by atoms with Gasteiger partial charge in [0, 0.05) is 24.8 Å². The summed E-state index contributed by atoms with van der Waals surface area (Å²) in [4.78, 5) is 4.30. The molecule has 0 amide bonds. The van der Waals surface area contributed by atoms with E-state index in [1.807, 2.05) is 0 Å². The fourth-order valence-corrected chi connectivity index (χ4v) is 1.94. The quantitative estimate of drug-likeness (QED) is 0.772. The molecular formula is C14H13FN4O2. The predicted octanol–water partition coefficient (Wildman–Crippen LogP) is 1.66. The third-order valence-corrected chi connectivity index (χ3v) is 2.90. The topological polar surface area (TPSA) is 77.0 Å². The van der Waals surface area contributed by atoms with Crippen LogP contribution in [0.3, 0.4) is 0 Å². The highest BCUT2D eigenvalue weighted by molar-refractivity contribution is 5.52. The van der Waals surface area contributed by atoms with Crippen LogP contribution in [-0.4, -0.2) is 31.7 Å². The molecule has 0 aliphatic carbocycles. The zero-order valence-corrected chi connectivity index (χ0v) is 11.1. The number of hydrogen-bond donors (Lipinski definition) is 1. The molecule has 1 aromatic carbocycles. The van der Waals surface area contributed by atoms with Crippen LogP contribution in [0, 0.1) is 5.82 Å². The molecule has 108 valence electrons. The van der Waals surface area contributed by atoms with Crippen LogP contribution in [0.15, 0.2) is 41.1 Å². The van der Waals surface area contributed by atoms with Gasteiger partial charge in [-0.25, -0.2) is 14.1 Å². The summed E-state index contributed by atoms with van der Waals surface area (Å²) in [6.07, 6.45) is 3.72. The first-order chi connectivity index (χ1) is 10.2. The van der Waals surface area contributed by atoms with Crippen molar-refractivity contribution in [2.24, 2.45) is 0 Å². The van der Waals surface area contributed by atoms with Gasteiger partial charge in [0.25, 0.3) is 0 Å². The van der Waals surface area contributed by atoms with E-state index in [1.54, 1.807) is 23.0 Å². The van der Waals surface area contributed by atoms with Crippen LogP contribution in [0.5, 0.6) is 0 Å². The number of halogens is 1. The Bertz CT molecular complexity index is 738. The van der Waals surface area contributed by atoms with Crippen molar-refractivity contribution in [1.29, 1.82) is 0 Å². The van der Waals surface area contributed by atoms with E-state index < -0.39 is 0 Å². The molecule has 0 spiro atoms. The fourth-order valence-electron chi connectivity index (χ4n) is 1.94. The van der Waals surface area contributed by atoms with Gasteiger partial charge in [-0.05, 0) is 18.2 Å². The first-order valence-electron chi connectivity index (χ1n) is 6.45. The Kier molecular flexibility index (Phi) is 3.74. The zero-order valence-electron chi connectivity index (χ0n) is 11.1. The minimum Gasteiger partial charge on any atom is -0.444 e. The maximum absolute atomic E-state index is 13.2. The SMILES string of the molecule is OCCc1cn(Cc2coc(-c3cccc(F)c3)n2)nn1. The molecule has 21 heavy (non-hydrogen) atoms. The lowest BCUT2D eigenvalue weighted by molar-refractivity contribution is 0.298. The van der Waals surface area contributed by atoms with Crippen molar-refractivity contribution in [3.8, 4) is 11.5 Å². The molecule has 3 rings (SSSR count). The number of aliphatic hydroxyl groups excluding tert-OH is 1. The van der Waals surface area contributed by atoms with E-state index in [0.29, 0.717) is 35.8 Å². The summed E-state index contributed by atoms with van der Waals surface area (Å²) >= 11 is 0. The van der Waals surface area contributed by atoms with Gasteiger partial charge in [0.15, 0.2) is 0 Å². The zero-order chi connectivity index (χ0) is 14.7. The Hall–Kier alpha value is -2.54. The molecule has 0 radical (unpaired) electrons. The first kappa shape index (κ1) is 13.4. The molecule has 2 heterocycles. The van der Waals surface area contributed by atoms with Gasteiger partial charge < -0.3 is 9.52 Å². The normalized spacial score (nSPS) is 11.0. The lowest BCUT2D eigenvalue weighted by atomic mass is 10.2. The van der Waals surface area contributed by atoms with Crippen LogP contribution in [0.25, 0.3) is 11.5 Å². The molecule has 0 aliphatic rings. The molecule has 1 N–H and O–H groups in total. The van der Waals surface area contributed by atoms with Crippen molar-refractivity contribution in [2.45, 2.75) is 13.0 Å². The number of aliphatic hydroxyl groups is 1. The van der Waals surface area contributed by atoms with Crippen molar-refractivity contribution in [1.82, 2.24) is 20.0 Å². The lowest BCUT2D eigenvalue weighted by Gasteiger charge is -1.95. The standard InChI is InChI=1S/C14H13FN4O2/c15-11-3-1-2-10(6-11)14-16-13(9-21-14)8-19-7-12(4-5-20)17-18-19/h1-3,6-7,9,20H,4-5,8H2. The molecule has 0 atom stereocenters. The molecule has 0 saturated heterocycles. The van der Waals surface area contributed by atoms with Crippen LogP contribution < -0.4 is 0 Å². The van der Waals surface area contributed by atoms with Gasteiger partial charge in [0.2, 0.25) is 5.89 Å². The van der Waals surface area contributed by atoms with E-state index in [4.69, 9.17) is 9.52 Å². The number of benzene rings is 1. The highest BCUT2D eigenvalue weighted by Gasteiger charge is 2.09. The van der Waals surface area contributed by atoms with Crippen LogP contribution in [0.1, 0.15) is 11.4 Å². The number of nitrogens with zero attached hydrogens (tertiary/aromatic N) is 4. The van der Waals surface area contributed by atoms with Gasteiger partial charge in [-0.2, -0.15) is 0 Å². The Morgan fingerprint density at radius 3 is 3.00 bits per heavy atom. The monoisotopic (exact) mass is 288 g/mol. The van der Waals surface area contributed by atoms with Crippen molar-refractivity contribution in [3.05, 3.63) is 53.9 Å². The third-order valence-electron chi connectivity index (χ3n) is 2.90. The summed E-state index contributed by atoms with van der Waals surface area (Å²) in [5, 5.41) is 16.7. The minimum atomic E-state index is -0.336. The van der Waals surface area contributed by atoms with Crippen LogP contribution in [0.4, 0.5) is 4.39 Å². The molecule has 7 heteroatoms. The molecule has 0 bridgehead atoms. The van der Waals surface area contributed by atoms with Gasteiger partial charge in [-0.15, -0.1) is 5.10 Å². The van der Waals surface area contributed by atoms with Gasteiger partial charge in [0.05, 0.1) is 12.2 Å². The Labute approximate surface area is 119 Å². The van der Waals surface area contributed by atoms with Crippen molar-refractivity contribution in [3.63, 3.8) is 0 Å². The summed E-state index contributed by atoms with van der Waals surface area (Å²) in [5.74, 6) is 0.0253. The Balaban J connectivity index is 1.75. The molecule has 6 nitrogen and oxygen atoms in total. The van der Waals surface area contributed by atoms with Gasteiger partial charge in [-0.3, -0.25) is 0 Å². The second kappa shape index (κ2) is 5.84. The summed E-state index contributed by atoms with van der Waals surface area (Å²) in [6.45, 7) is 0.434. The Morgan fingerprint density at radius 1 is 1.29 bits per heavy atom. The van der Waals surface area contributed by atoms with Gasteiger partial charge in [-0.1, -0.05) is 11.3 Å². The van der Waals surface area contributed by atoms with Crippen molar-refractivity contribution < 1.29 is 13.9 Å². The molecule has 0 saturated carbocycles. The average Bonchev–Trinajstić information content (AvgIpc) is 3.10. The van der Waals surface area contributed by atoms with Gasteiger partial charge >= 0.3 is 0 Å². The summed E-state index contributed by atoms with van der Waals surface area (Å²) in [6, 6.07) is 6.07. The summed E-state index contributed by atoms with van der Waals surface area (Å²) in [7, 11) is 0. The molecule has 0 fully saturated rings. The number of hydrogen-bond acceptors (Lipinski definition) is 5. The van der Waals surface area contributed by atoms with E-state index in [1.165, 1.54) is 18.4 Å². The number of rotatable bonds is 5. The second-order valence-electron chi connectivity index (χ2n) is 4.54. The van der Waals surface area contributed by atoms with E-state index in [2.05, 4.69) is 15.3 Å². The van der Waals surface area contributed by atoms with Crippen LogP contribution in [0.2, 0.25) is 0 Å². The first-order valence-corrected chi connectivity index (χ1v) is 6.45. The molecule has 0 aliphatic heterocycles. The molecular weight excluding hydrogens is 275 g/mol. The maximum atomic E-state index is 13.2. The average molecular weight is 288 g/mol. The van der Waals surface area contributed by atoms with E-state index in [-0.39, 0.29) is 12.4 Å². The second-order valence-corrected chi connectivity index (χ2v) is 4.54. The van der Waals surface area contributed by atoms with Gasteiger partial charge in [0.1, 0.15) is 17.8 Å². The minimum absolute atomic E-state index is 0.0341. The summed E-state index contributed by atoms with van der Waals surface area (Å²) in [5.41, 5.74) is 1.96. The Morgan fingerprint density at radius 2 is 2.19 bits per heavy atom. The van der Waals surface area contributed by atoms with E-state index in [9.17, 15) is 4.39 Å². The lowest BCUT2D eigenvalue weighted by Crippen LogP contribution is -2.00. The van der Waals surface area contributed by atoms with E-state index in [0.717, 1.165) is 0 Å². The van der Waals surface area contributed by atoms with Crippen molar-refractivity contribution in [2.75, 3.05) is 6.61 Å². The highest BCUT2D eigenvalue weighted by atomic mass is 19.1. The smallest absolute Gasteiger partial charge is 0.226 e. The molecule has 0 unspecified atom stereocenters. The number of aromatic nitrogens is 4. The maximum Gasteiger partial charge on any atom is 0.226 e. The summed E-state index contributed by atoms with van der Waals surface area (Å²) < 4.78 is 20.1. The molecule has 3 aromatic rings. The predicted molar refractivity (Wildman–Crippen MR) is 71.8 cm³/mol. The van der Waals surface area contributed by atoms with Crippen LogP contribution in [-0.2, 0) is 13.0 Å².